The van der Waals surface area contributed by atoms with Crippen LogP contribution in [-0.4, -0.2) is 18.3 Å². The largest absolute Gasteiger partial charge is 0.380 e. The predicted octanol–water partition coefficient (Wildman–Crippen LogP) is 2.56. The summed E-state index contributed by atoms with van der Waals surface area (Å²) in [5.41, 5.74) is 1.87. The zero-order valence-corrected chi connectivity index (χ0v) is 10.2. The highest BCUT2D eigenvalue weighted by atomic mass is 79.9. The number of nitrogens with one attached hydrogen (secondary N) is 1. The molecule has 15 heavy (non-hydrogen) atoms. The lowest BCUT2D eigenvalue weighted by atomic mass is 10.2. The van der Waals surface area contributed by atoms with Crippen LogP contribution in [-0.2, 0) is 16.1 Å². The number of halogens is 1. The fourth-order valence-electron chi connectivity index (χ4n) is 1.21. The Kier molecular flexibility index (Phi) is 5.36. The van der Waals surface area contributed by atoms with E-state index in [-0.39, 0.29) is 5.91 Å². The molecular formula is C11H14BrNO2. The molecule has 4 heteroatoms. The molecule has 0 aliphatic carbocycles. The maximum Gasteiger partial charge on any atom is 0.225 e. The van der Waals surface area contributed by atoms with Crippen LogP contribution in [0.1, 0.15) is 12.0 Å². The van der Waals surface area contributed by atoms with Crippen LogP contribution in [0, 0.1) is 0 Å². The van der Waals surface area contributed by atoms with Gasteiger partial charge < -0.3 is 10.1 Å². The lowest BCUT2D eigenvalue weighted by Gasteiger charge is -2.06. The monoisotopic (exact) mass is 271 g/mol. The van der Waals surface area contributed by atoms with Crippen molar-refractivity contribution in [2.45, 2.75) is 13.0 Å². The average molecular weight is 272 g/mol. The molecule has 0 spiro atoms. The lowest BCUT2D eigenvalue weighted by molar-refractivity contribution is -0.115. The van der Waals surface area contributed by atoms with E-state index in [0.29, 0.717) is 18.4 Å². The third kappa shape index (κ3) is 4.44. The number of alkyl halides is 1. The van der Waals surface area contributed by atoms with Gasteiger partial charge in [-0.25, -0.2) is 0 Å². The van der Waals surface area contributed by atoms with Gasteiger partial charge in [0.2, 0.25) is 5.91 Å². The summed E-state index contributed by atoms with van der Waals surface area (Å²) in [4.78, 5) is 11.3. The molecule has 1 aromatic rings. The zero-order valence-electron chi connectivity index (χ0n) is 8.63. The topological polar surface area (TPSA) is 38.3 Å². The van der Waals surface area contributed by atoms with Gasteiger partial charge in [-0.1, -0.05) is 28.1 Å². The first-order valence-corrected chi connectivity index (χ1v) is 5.82. The number of hydrogen-bond acceptors (Lipinski definition) is 2. The number of benzene rings is 1. The summed E-state index contributed by atoms with van der Waals surface area (Å²) < 4.78 is 5.02. The van der Waals surface area contributed by atoms with Crippen molar-refractivity contribution in [2.75, 3.05) is 17.8 Å². The number of carbonyl (C=O) groups excluding carboxylic acids is 1. The summed E-state index contributed by atoms with van der Waals surface area (Å²) in [5.74, 6) is 0.0152. The number of amides is 1. The van der Waals surface area contributed by atoms with E-state index in [4.69, 9.17) is 4.74 Å². The Labute approximate surface area is 97.9 Å². The Balaban J connectivity index is 2.60. The molecule has 0 fully saturated rings. The second-order valence-corrected chi connectivity index (χ2v) is 3.91. The van der Waals surface area contributed by atoms with Crippen LogP contribution in [0.4, 0.5) is 5.69 Å². The van der Waals surface area contributed by atoms with Crippen molar-refractivity contribution in [1.82, 2.24) is 0 Å². The minimum Gasteiger partial charge on any atom is -0.380 e. The Bertz CT molecular complexity index is 328. The van der Waals surface area contributed by atoms with Crippen LogP contribution >= 0.6 is 15.9 Å². The molecule has 0 aliphatic rings. The lowest BCUT2D eigenvalue weighted by Crippen LogP contribution is -2.11. The molecule has 82 valence electrons. The third-order valence-corrected chi connectivity index (χ3v) is 2.24. The van der Waals surface area contributed by atoms with Gasteiger partial charge in [-0.2, -0.15) is 0 Å². The van der Waals surface area contributed by atoms with Crippen LogP contribution in [0.3, 0.4) is 0 Å². The number of hydrogen-bond donors (Lipinski definition) is 1. The smallest absolute Gasteiger partial charge is 0.225 e. The fourth-order valence-corrected chi connectivity index (χ4v) is 1.57. The quantitative estimate of drug-likeness (QED) is 0.836. The molecule has 1 amide bonds. The molecular weight excluding hydrogens is 258 g/mol. The Morgan fingerprint density at radius 2 is 2.33 bits per heavy atom. The van der Waals surface area contributed by atoms with Crippen molar-refractivity contribution in [3.63, 3.8) is 0 Å². The van der Waals surface area contributed by atoms with Crippen molar-refractivity contribution in [2.24, 2.45) is 0 Å². The van der Waals surface area contributed by atoms with Crippen molar-refractivity contribution >= 4 is 27.5 Å². The summed E-state index contributed by atoms with van der Waals surface area (Å²) >= 11 is 3.22. The maximum atomic E-state index is 11.3. The normalized spacial score (nSPS) is 10.0. The number of anilines is 1. The molecule has 1 aromatic carbocycles. The van der Waals surface area contributed by atoms with E-state index in [0.717, 1.165) is 11.3 Å². The van der Waals surface area contributed by atoms with Crippen molar-refractivity contribution in [1.29, 1.82) is 0 Å². The second-order valence-electron chi connectivity index (χ2n) is 3.12. The predicted molar refractivity (Wildman–Crippen MR) is 64.2 cm³/mol. The Morgan fingerprint density at radius 1 is 1.53 bits per heavy atom. The highest BCUT2D eigenvalue weighted by molar-refractivity contribution is 9.09. The Hall–Kier alpha value is -0.870. The molecule has 0 heterocycles. The second kappa shape index (κ2) is 6.58. The summed E-state index contributed by atoms with van der Waals surface area (Å²) in [6, 6.07) is 7.64. The standard InChI is InChI=1S/C11H14BrNO2/c1-15-8-9-3-2-4-10(7-9)13-11(14)5-6-12/h2-4,7H,5-6,8H2,1H3,(H,13,14). The van der Waals surface area contributed by atoms with E-state index in [1.54, 1.807) is 7.11 Å². The molecule has 1 rings (SSSR count). The van der Waals surface area contributed by atoms with Crippen LogP contribution in [0.15, 0.2) is 24.3 Å². The fraction of sp³-hybridized carbons (Fsp3) is 0.364. The van der Waals surface area contributed by atoms with E-state index in [2.05, 4.69) is 21.2 Å². The van der Waals surface area contributed by atoms with Gasteiger partial charge in [0, 0.05) is 24.5 Å². The van der Waals surface area contributed by atoms with E-state index < -0.39 is 0 Å². The third-order valence-electron chi connectivity index (χ3n) is 1.84. The van der Waals surface area contributed by atoms with Crippen LogP contribution in [0.5, 0.6) is 0 Å². The summed E-state index contributed by atoms with van der Waals surface area (Å²) in [7, 11) is 1.65. The molecule has 3 nitrogen and oxygen atoms in total. The minimum atomic E-state index is 0.0152. The zero-order chi connectivity index (χ0) is 11.1. The first-order chi connectivity index (χ1) is 7.26. The van der Waals surface area contributed by atoms with E-state index in [1.165, 1.54) is 0 Å². The molecule has 0 radical (unpaired) electrons. The molecule has 0 unspecified atom stereocenters. The van der Waals surface area contributed by atoms with Crippen LogP contribution in [0.25, 0.3) is 0 Å². The van der Waals surface area contributed by atoms with Crippen LogP contribution < -0.4 is 5.32 Å². The highest BCUT2D eigenvalue weighted by Crippen LogP contribution is 2.11. The molecule has 0 atom stereocenters. The van der Waals surface area contributed by atoms with E-state index >= 15 is 0 Å². The molecule has 0 saturated carbocycles. The summed E-state index contributed by atoms with van der Waals surface area (Å²) in [6.07, 6.45) is 0.481. The number of methoxy groups -OCH3 is 1. The first kappa shape index (κ1) is 12.2. The van der Waals surface area contributed by atoms with Crippen molar-refractivity contribution in [3.05, 3.63) is 29.8 Å². The Morgan fingerprint density at radius 3 is 3.00 bits per heavy atom. The van der Waals surface area contributed by atoms with Gasteiger partial charge in [-0.15, -0.1) is 0 Å². The molecule has 0 bridgehead atoms. The van der Waals surface area contributed by atoms with Crippen molar-refractivity contribution in [3.8, 4) is 0 Å². The van der Waals surface area contributed by atoms with Gasteiger partial charge in [0.1, 0.15) is 0 Å². The average Bonchev–Trinajstić information content (AvgIpc) is 2.19. The molecule has 0 aromatic heterocycles. The highest BCUT2D eigenvalue weighted by Gasteiger charge is 2.01. The van der Waals surface area contributed by atoms with Gasteiger partial charge in [0.15, 0.2) is 0 Å². The summed E-state index contributed by atoms with van der Waals surface area (Å²) in [5, 5.41) is 3.49. The van der Waals surface area contributed by atoms with Crippen LogP contribution in [0.2, 0.25) is 0 Å². The van der Waals surface area contributed by atoms with Gasteiger partial charge in [-0.05, 0) is 17.7 Å². The summed E-state index contributed by atoms with van der Waals surface area (Å²) in [6.45, 7) is 0.558. The van der Waals surface area contributed by atoms with E-state index in [9.17, 15) is 4.79 Å². The van der Waals surface area contributed by atoms with Gasteiger partial charge in [0.25, 0.3) is 0 Å². The number of carbonyl (C=O) groups is 1. The minimum absolute atomic E-state index is 0.0152. The van der Waals surface area contributed by atoms with Gasteiger partial charge in [-0.3, -0.25) is 4.79 Å². The molecule has 1 N–H and O–H groups in total. The molecule has 0 saturated heterocycles. The van der Waals surface area contributed by atoms with E-state index in [1.807, 2.05) is 24.3 Å². The number of ether oxygens (including phenoxy) is 1. The number of rotatable bonds is 5. The molecule has 0 aliphatic heterocycles. The van der Waals surface area contributed by atoms with Gasteiger partial charge >= 0.3 is 0 Å². The van der Waals surface area contributed by atoms with Crippen molar-refractivity contribution < 1.29 is 9.53 Å². The van der Waals surface area contributed by atoms with Gasteiger partial charge in [0.05, 0.1) is 6.61 Å². The maximum absolute atomic E-state index is 11.3. The SMILES string of the molecule is COCc1cccc(NC(=O)CCBr)c1. The first-order valence-electron chi connectivity index (χ1n) is 4.70.